The van der Waals surface area contributed by atoms with Crippen LogP contribution in [0.4, 0.5) is 0 Å². The van der Waals surface area contributed by atoms with Gasteiger partial charge >= 0.3 is 0 Å². The highest BCUT2D eigenvalue weighted by molar-refractivity contribution is 8.01. The summed E-state index contributed by atoms with van der Waals surface area (Å²) < 4.78 is 42.1. The summed E-state index contributed by atoms with van der Waals surface area (Å²) in [5.41, 5.74) is 0. The van der Waals surface area contributed by atoms with E-state index >= 15 is 0 Å². The lowest BCUT2D eigenvalue weighted by Gasteiger charge is -2.01. The molecule has 0 spiro atoms. The van der Waals surface area contributed by atoms with Crippen molar-refractivity contribution < 1.29 is 26.4 Å². The van der Waals surface area contributed by atoms with Crippen molar-refractivity contribution in [1.29, 1.82) is 0 Å². The van der Waals surface area contributed by atoms with Crippen LogP contribution in [0.25, 0.3) is 0 Å². The van der Waals surface area contributed by atoms with Crippen molar-refractivity contribution >= 4 is 55.9 Å². The van der Waals surface area contributed by atoms with E-state index in [1.54, 1.807) is 0 Å². The molecule has 0 aliphatic heterocycles. The Kier molecular flexibility index (Phi) is 21.4. The van der Waals surface area contributed by atoms with Crippen LogP contribution in [0, 0.1) is 0 Å². The average molecular weight is 475 g/mol. The second-order valence-corrected chi connectivity index (χ2v) is 10.3. The summed E-state index contributed by atoms with van der Waals surface area (Å²) in [6.45, 7) is 13.5. The molecule has 2 amide bonds. The maximum absolute atomic E-state index is 10.9. The van der Waals surface area contributed by atoms with Gasteiger partial charge in [-0.15, -0.1) is 0 Å². The van der Waals surface area contributed by atoms with E-state index in [2.05, 4.69) is 43.0 Å². The molecule has 0 saturated heterocycles. The van der Waals surface area contributed by atoms with E-state index in [1.165, 1.54) is 25.6 Å². The number of hydrogen-bond acceptors (Lipinski definition) is 8. The molecule has 0 heterocycles. The fourth-order valence-electron chi connectivity index (χ4n) is 0.960. The molecule has 12 heteroatoms. The van der Waals surface area contributed by atoms with E-state index in [-0.39, 0.29) is 17.6 Å². The topological polar surface area (TPSA) is 126 Å². The first kappa shape index (κ1) is 31.5. The van der Waals surface area contributed by atoms with E-state index in [1.807, 2.05) is 0 Å². The molecule has 0 unspecified atom stereocenters. The summed E-state index contributed by atoms with van der Waals surface area (Å²) in [6.07, 6.45) is 0. The fraction of sp³-hybridized carbons (Fsp3) is 0.500. The van der Waals surface area contributed by atoms with Crippen molar-refractivity contribution in [1.82, 2.24) is 10.6 Å². The number of carbonyl (C=O) groups is 2. The Labute approximate surface area is 178 Å². The first-order valence-corrected chi connectivity index (χ1v) is 13.0. The Hall–Kier alpha value is -1.24. The lowest BCUT2D eigenvalue weighted by molar-refractivity contribution is -0.119. The predicted molar refractivity (Wildman–Crippen MR) is 122 cm³/mol. The zero-order valence-electron chi connectivity index (χ0n) is 16.2. The van der Waals surface area contributed by atoms with Gasteiger partial charge < -0.3 is 10.6 Å². The SMILES string of the molecule is C=CS(=O)(=O)C=C.C=CS(=O)(=O)CCSCCNC(C)=O.CC(=O)NCCS. The summed E-state index contributed by atoms with van der Waals surface area (Å²) in [5, 5.41) is 7.88. The van der Waals surface area contributed by atoms with Crippen LogP contribution in [0.2, 0.25) is 0 Å². The van der Waals surface area contributed by atoms with Gasteiger partial charge in [-0.2, -0.15) is 24.4 Å². The molecule has 0 radical (unpaired) electrons. The maximum atomic E-state index is 10.9. The van der Waals surface area contributed by atoms with Gasteiger partial charge in [0, 0.05) is 60.4 Å². The Morgan fingerprint density at radius 2 is 1.36 bits per heavy atom. The smallest absolute Gasteiger partial charge is 0.216 e. The highest BCUT2D eigenvalue weighted by atomic mass is 32.2. The number of sulfone groups is 2. The maximum Gasteiger partial charge on any atom is 0.216 e. The minimum Gasteiger partial charge on any atom is -0.356 e. The van der Waals surface area contributed by atoms with Crippen LogP contribution in [-0.4, -0.2) is 64.8 Å². The molecule has 0 aromatic carbocycles. The van der Waals surface area contributed by atoms with E-state index in [4.69, 9.17) is 0 Å². The van der Waals surface area contributed by atoms with Crippen LogP contribution in [0.1, 0.15) is 13.8 Å². The Balaban J connectivity index is -0.000000375. The Bertz CT molecular complexity index is 674. The molecule has 0 aromatic heterocycles. The Morgan fingerprint density at radius 3 is 1.64 bits per heavy atom. The number of rotatable bonds is 11. The molecule has 8 nitrogen and oxygen atoms in total. The van der Waals surface area contributed by atoms with E-state index in [0.717, 1.165) is 22.0 Å². The molecular weight excluding hydrogens is 444 g/mol. The number of nitrogens with one attached hydrogen (secondary N) is 2. The molecule has 0 aliphatic carbocycles. The van der Waals surface area contributed by atoms with Crippen LogP contribution in [0.3, 0.4) is 0 Å². The minimum absolute atomic E-state index is 0.00838. The molecule has 0 fully saturated rings. The van der Waals surface area contributed by atoms with Crippen molar-refractivity contribution in [2.75, 3.05) is 36.1 Å². The standard InChI is InChI=1S/C8H15NO3S2.C4H9NOS.C4H6O2S/c1-3-14(11,12)7-6-13-5-4-9-8(2)10;1-4(6)5-2-3-7;1-3-7(5,6)4-2/h3H,1,4-7H2,2H3,(H,9,10);7H,2-3H2,1H3,(H,5,6);3-4H,1-2H2. The van der Waals surface area contributed by atoms with E-state index < -0.39 is 19.7 Å². The van der Waals surface area contributed by atoms with Crippen LogP contribution in [0.15, 0.2) is 36.0 Å². The fourth-order valence-corrected chi connectivity index (χ4v) is 3.23. The van der Waals surface area contributed by atoms with Gasteiger partial charge in [0.15, 0.2) is 19.7 Å². The minimum atomic E-state index is -3.13. The molecule has 0 bridgehead atoms. The van der Waals surface area contributed by atoms with Crippen molar-refractivity contribution in [3.63, 3.8) is 0 Å². The van der Waals surface area contributed by atoms with Crippen LogP contribution < -0.4 is 10.6 Å². The molecule has 0 atom stereocenters. The van der Waals surface area contributed by atoms with Gasteiger partial charge in [0.05, 0.1) is 5.75 Å². The summed E-state index contributed by atoms with van der Waals surface area (Å²) >= 11 is 5.38. The molecule has 0 aliphatic rings. The van der Waals surface area contributed by atoms with Gasteiger partial charge in [-0.3, -0.25) is 9.59 Å². The normalized spacial score (nSPS) is 10.1. The van der Waals surface area contributed by atoms with Crippen molar-refractivity contribution in [3.8, 4) is 0 Å². The van der Waals surface area contributed by atoms with Gasteiger partial charge in [-0.25, -0.2) is 16.8 Å². The van der Waals surface area contributed by atoms with Gasteiger partial charge in [0.2, 0.25) is 11.8 Å². The number of thiol groups is 1. The van der Waals surface area contributed by atoms with Crippen molar-refractivity contribution in [2.24, 2.45) is 0 Å². The summed E-state index contributed by atoms with van der Waals surface area (Å²) in [5.74, 6) is 2.03. The average Bonchev–Trinajstić information content (AvgIpc) is 2.63. The lowest BCUT2D eigenvalue weighted by Crippen LogP contribution is -2.22. The van der Waals surface area contributed by atoms with Crippen LogP contribution in [0.5, 0.6) is 0 Å². The second-order valence-electron chi connectivity index (χ2n) is 4.76. The highest BCUT2D eigenvalue weighted by Crippen LogP contribution is 2.01. The summed E-state index contributed by atoms with van der Waals surface area (Å²) in [4.78, 5) is 20.5. The first-order chi connectivity index (χ1) is 12.9. The number of hydrogen-bond donors (Lipinski definition) is 3. The molecule has 0 rings (SSSR count). The molecule has 28 heavy (non-hydrogen) atoms. The molecule has 2 N–H and O–H groups in total. The van der Waals surface area contributed by atoms with E-state index in [9.17, 15) is 26.4 Å². The quantitative estimate of drug-likeness (QED) is 0.303. The third kappa shape index (κ3) is 29.5. The monoisotopic (exact) mass is 474 g/mol. The van der Waals surface area contributed by atoms with Crippen molar-refractivity contribution in [3.05, 3.63) is 36.0 Å². The second kappa shape index (κ2) is 19.1. The molecule has 0 saturated carbocycles. The summed E-state index contributed by atoms with van der Waals surface area (Å²) in [7, 11) is -6.20. The van der Waals surface area contributed by atoms with Gasteiger partial charge in [0.25, 0.3) is 0 Å². The molecule has 0 aromatic rings. The number of carbonyl (C=O) groups excluding carboxylic acids is 2. The molecular formula is C16H30N2O6S4. The van der Waals surface area contributed by atoms with Crippen molar-refractivity contribution in [2.45, 2.75) is 13.8 Å². The zero-order chi connectivity index (χ0) is 22.6. The zero-order valence-corrected chi connectivity index (χ0v) is 19.6. The van der Waals surface area contributed by atoms with Gasteiger partial charge in [-0.05, 0) is 0 Å². The highest BCUT2D eigenvalue weighted by Gasteiger charge is 2.03. The van der Waals surface area contributed by atoms with Crippen LogP contribution in [-0.2, 0) is 29.3 Å². The summed E-state index contributed by atoms with van der Waals surface area (Å²) in [6, 6.07) is 0. The van der Waals surface area contributed by atoms with Crippen LogP contribution >= 0.6 is 24.4 Å². The third-order valence-corrected chi connectivity index (χ3v) is 6.01. The molecule has 164 valence electrons. The number of amides is 2. The predicted octanol–water partition coefficient (Wildman–Crippen LogP) is 1.15. The van der Waals surface area contributed by atoms with E-state index in [0.29, 0.717) is 24.6 Å². The number of thioether (sulfide) groups is 1. The first-order valence-electron chi connectivity index (χ1n) is 7.90. The van der Waals surface area contributed by atoms with Gasteiger partial charge in [-0.1, -0.05) is 19.7 Å². The van der Waals surface area contributed by atoms with Gasteiger partial charge in [0.1, 0.15) is 0 Å². The Morgan fingerprint density at radius 1 is 0.893 bits per heavy atom. The third-order valence-electron chi connectivity index (χ3n) is 2.34. The lowest BCUT2D eigenvalue weighted by atomic mass is 10.6. The largest absolute Gasteiger partial charge is 0.356 e.